The second kappa shape index (κ2) is 3.09. The van der Waals surface area contributed by atoms with Gasteiger partial charge >= 0.3 is 0 Å². The van der Waals surface area contributed by atoms with Crippen LogP contribution in [0.2, 0.25) is 0 Å². The van der Waals surface area contributed by atoms with Gasteiger partial charge in [0.25, 0.3) is 0 Å². The molecule has 0 spiro atoms. The van der Waals surface area contributed by atoms with Gasteiger partial charge in [-0.15, -0.1) is 0 Å². The van der Waals surface area contributed by atoms with E-state index >= 15 is 0 Å². The third-order valence-electron chi connectivity index (χ3n) is 2.35. The Morgan fingerprint density at radius 3 is 2.60 bits per heavy atom. The maximum Gasteiger partial charge on any atom is 0.000754 e. The molecular formula is C9H17N. The van der Waals surface area contributed by atoms with Gasteiger partial charge in [0.2, 0.25) is 0 Å². The molecular weight excluding hydrogens is 122 g/mol. The van der Waals surface area contributed by atoms with Gasteiger partial charge in [-0.05, 0) is 37.5 Å². The van der Waals surface area contributed by atoms with Crippen LogP contribution in [0.5, 0.6) is 0 Å². The molecule has 1 aliphatic rings. The Morgan fingerprint density at radius 1 is 1.60 bits per heavy atom. The van der Waals surface area contributed by atoms with Crippen molar-refractivity contribution in [2.45, 2.75) is 32.6 Å². The van der Waals surface area contributed by atoms with Gasteiger partial charge in [-0.1, -0.05) is 13.5 Å². The van der Waals surface area contributed by atoms with Crippen molar-refractivity contribution in [3.05, 3.63) is 12.3 Å². The molecule has 1 saturated carbocycles. The molecule has 0 heterocycles. The molecule has 0 bridgehead atoms. The van der Waals surface area contributed by atoms with Crippen molar-refractivity contribution in [3.63, 3.8) is 0 Å². The van der Waals surface area contributed by atoms with E-state index < -0.39 is 0 Å². The maximum atomic E-state index is 5.46. The number of hydrogen-bond acceptors (Lipinski definition) is 1. The Hall–Kier alpha value is -0.460. The average molecular weight is 139 g/mol. The fraction of sp³-hybridized carbons (Fsp3) is 0.778. The van der Waals surface area contributed by atoms with Crippen LogP contribution in [-0.4, -0.2) is 0 Å². The van der Waals surface area contributed by atoms with Crippen LogP contribution in [0.25, 0.3) is 0 Å². The zero-order valence-corrected chi connectivity index (χ0v) is 6.77. The number of allylic oxidation sites excluding steroid dienone is 1. The van der Waals surface area contributed by atoms with E-state index in [2.05, 4.69) is 13.5 Å². The lowest BCUT2D eigenvalue weighted by molar-refractivity contribution is 0.200. The molecule has 0 saturated heterocycles. The average Bonchev–Trinajstić information content (AvgIpc) is 1.77. The molecule has 1 aliphatic carbocycles. The standard InChI is InChI=1S/C9H17N/c1-7-5-9(6-7)4-3-8(2)10/h7,9H,2-6,10H2,1H3. The van der Waals surface area contributed by atoms with Gasteiger partial charge in [-0.2, -0.15) is 0 Å². The monoisotopic (exact) mass is 139 g/mol. The van der Waals surface area contributed by atoms with E-state index in [1.165, 1.54) is 19.3 Å². The van der Waals surface area contributed by atoms with Crippen LogP contribution in [0.15, 0.2) is 12.3 Å². The van der Waals surface area contributed by atoms with Crippen LogP contribution in [0.4, 0.5) is 0 Å². The van der Waals surface area contributed by atoms with Crippen LogP contribution in [0.1, 0.15) is 32.6 Å². The van der Waals surface area contributed by atoms with Gasteiger partial charge in [-0.25, -0.2) is 0 Å². The second-order valence-corrected chi connectivity index (χ2v) is 3.64. The molecule has 0 radical (unpaired) electrons. The molecule has 1 nitrogen and oxygen atoms in total. The summed E-state index contributed by atoms with van der Waals surface area (Å²) >= 11 is 0. The van der Waals surface area contributed by atoms with Gasteiger partial charge in [0, 0.05) is 5.70 Å². The highest BCUT2D eigenvalue weighted by Crippen LogP contribution is 2.36. The third kappa shape index (κ3) is 2.05. The summed E-state index contributed by atoms with van der Waals surface area (Å²) in [5.41, 5.74) is 6.31. The van der Waals surface area contributed by atoms with Crippen LogP contribution in [0, 0.1) is 11.8 Å². The highest BCUT2D eigenvalue weighted by atomic mass is 14.6. The molecule has 0 atom stereocenters. The summed E-state index contributed by atoms with van der Waals surface area (Å²) in [4.78, 5) is 0. The lowest BCUT2D eigenvalue weighted by atomic mass is 9.74. The number of rotatable bonds is 3. The molecule has 2 N–H and O–H groups in total. The Labute approximate surface area is 63.3 Å². The summed E-state index contributed by atoms with van der Waals surface area (Å²) in [6, 6.07) is 0. The predicted molar refractivity (Wildman–Crippen MR) is 44.4 cm³/mol. The Morgan fingerprint density at radius 2 is 2.20 bits per heavy atom. The van der Waals surface area contributed by atoms with E-state index in [4.69, 9.17) is 5.73 Å². The molecule has 0 aromatic carbocycles. The normalized spacial score (nSPS) is 31.3. The lowest BCUT2D eigenvalue weighted by Gasteiger charge is -2.32. The zero-order chi connectivity index (χ0) is 7.56. The fourth-order valence-corrected chi connectivity index (χ4v) is 1.69. The first-order valence-corrected chi connectivity index (χ1v) is 4.11. The van der Waals surface area contributed by atoms with Gasteiger partial charge < -0.3 is 5.73 Å². The van der Waals surface area contributed by atoms with E-state index in [0.717, 1.165) is 24.0 Å². The first kappa shape index (κ1) is 7.64. The quantitative estimate of drug-likeness (QED) is 0.637. The second-order valence-electron chi connectivity index (χ2n) is 3.64. The van der Waals surface area contributed by atoms with Crippen LogP contribution in [-0.2, 0) is 0 Å². The molecule has 58 valence electrons. The first-order valence-electron chi connectivity index (χ1n) is 4.11. The minimum atomic E-state index is 0.847. The molecule has 0 unspecified atom stereocenters. The molecule has 1 fully saturated rings. The Bertz CT molecular complexity index is 123. The van der Waals surface area contributed by atoms with E-state index in [-0.39, 0.29) is 0 Å². The smallest absolute Gasteiger partial charge is 0.000754 e. The van der Waals surface area contributed by atoms with Gasteiger partial charge in [-0.3, -0.25) is 0 Å². The van der Waals surface area contributed by atoms with E-state index in [1.807, 2.05) is 0 Å². The molecule has 0 amide bonds. The van der Waals surface area contributed by atoms with Crippen LogP contribution < -0.4 is 5.73 Å². The van der Waals surface area contributed by atoms with Crippen molar-refractivity contribution in [1.82, 2.24) is 0 Å². The van der Waals surface area contributed by atoms with E-state index in [1.54, 1.807) is 0 Å². The van der Waals surface area contributed by atoms with Crippen molar-refractivity contribution in [3.8, 4) is 0 Å². The summed E-state index contributed by atoms with van der Waals surface area (Å²) in [5, 5.41) is 0. The van der Waals surface area contributed by atoms with Crippen molar-refractivity contribution in [2.75, 3.05) is 0 Å². The largest absolute Gasteiger partial charge is 0.403 e. The van der Waals surface area contributed by atoms with E-state index in [9.17, 15) is 0 Å². The van der Waals surface area contributed by atoms with Crippen molar-refractivity contribution in [1.29, 1.82) is 0 Å². The highest BCUT2D eigenvalue weighted by Gasteiger charge is 2.24. The van der Waals surface area contributed by atoms with Gasteiger partial charge in [0.05, 0.1) is 0 Å². The minimum Gasteiger partial charge on any atom is -0.403 e. The first-order chi connectivity index (χ1) is 4.68. The van der Waals surface area contributed by atoms with Crippen molar-refractivity contribution >= 4 is 0 Å². The summed E-state index contributed by atoms with van der Waals surface area (Å²) in [5.74, 6) is 1.92. The van der Waals surface area contributed by atoms with Crippen LogP contribution in [0.3, 0.4) is 0 Å². The SMILES string of the molecule is C=C(N)CCC1CC(C)C1. The molecule has 0 aromatic heterocycles. The number of hydrogen-bond donors (Lipinski definition) is 1. The molecule has 1 rings (SSSR count). The van der Waals surface area contributed by atoms with Crippen molar-refractivity contribution < 1.29 is 0 Å². The zero-order valence-electron chi connectivity index (χ0n) is 6.77. The van der Waals surface area contributed by atoms with Gasteiger partial charge in [0.1, 0.15) is 0 Å². The fourth-order valence-electron chi connectivity index (χ4n) is 1.69. The predicted octanol–water partition coefficient (Wildman–Crippen LogP) is 2.29. The lowest BCUT2D eigenvalue weighted by Crippen LogP contribution is -2.21. The summed E-state index contributed by atoms with van der Waals surface area (Å²) < 4.78 is 0. The summed E-state index contributed by atoms with van der Waals surface area (Å²) in [7, 11) is 0. The summed E-state index contributed by atoms with van der Waals surface area (Å²) in [6.07, 6.45) is 5.11. The molecule has 1 heteroatoms. The Kier molecular flexibility index (Phi) is 2.36. The highest BCUT2D eigenvalue weighted by molar-refractivity contribution is 4.88. The van der Waals surface area contributed by atoms with E-state index in [0.29, 0.717) is 0 Å². The van der Waals surface area contributed by atoms with Gasteiger partial charge in [0.15, 0.2) is 0 Å². The topological polar surface area (TPSA) is 26.0 Å². The molecule has 10 heavy (non-hydrogen) atoms. The minimum absolute atomic E-state index is 0.847. The molecule has 0 aromatic rings. The van der Waals surface area contributed by atoms with Crippen molar-refractivity contribution in [2.24, 2.45) is 17.6 Å². The Balaban J connectivity index is 2.00. The summed E-state index contributed by atoms with van der Waals surface area (Å²) in [6.45, 7) is 6.00. The van der Waals surface area contributed by atoms with Crippen LogP contribution >= 0.6 is 0 Å². The third-order valence-corrected chi connectivity index (χ3v) is 2.35. The number of nitrogens with two attached hydrogens (primary N) is 1. The maximum absolute atomic E-state index is 5.46. The molecule has 0 aliphatic heterocycles.